The quantitative estimate of drug-likeness (QED) is 0.893. The molecular formula is C17H19BrN4O. The van der Waals surface area contributed by atoms with Gasteiger partial charge >= 0.3 is 0 Å². The molecule has 0 aliphatic carbocycles. The van der Waals surface area contributed by atoms with E-state index in [0.717, 1.165) is 36.9 Å². The normalized spacial score (nSPS) is 16.2. The fraction of sp³-hybridized carbons (Fsp3) is 0.353. The Kier molecular flexibility index (Phi) is 5.35. The summed E-state index contributed by atoms with van der Waals surface area (Å²) in [6, 6.07) is 8.65. The van der Waals surface area contributed by atoms with Gasteiger partial charge in [-0.2, -0.15) is 0 Å². The number of benzene rings is 1. The maximum Gasteiger partial charge on any atom is 0.271 e. The van der Waals surface area contributed by atoms with Crippen LogP contribution in [0.1, 0.15) is 28.9 Å². The fourth-order valence-corrected chi connectivity index (χ4v) is 3.02. The summed E-state index contributed by atoms with van der Waals surface area (Å²) in [5, 5.41) is 3.05. The van der Waals surface area contributed by atoms with Crippen LogP contribution in [-0.2, 0) is 6.54 Å². The van der Waals surface area contributed by atoms with Crippen molar-refractivity contribution in [3.8, 4) is 0 Å². The Morgan fingerprint density at radius 1 is 1.22 bits per heavy atom. The SMILES string of the molecule is O=C(NC1CCN(Cc2ccc(Br)cc2)CC1)c1cnccn1. The number of likely N-dealkylation sites (tertiary alicyclic amines) is 1. The molecule has 0 saturated carbocycles. The van der Waals surface area contributed by atoms with Gasteiger partial charge in [-0.05, 0) is 30.5 Å². The summed E-state index contributed by atoms with van der Waals surface area (Å²) in [6.07, 6.45) is 6.52. The molecule has 3 rings (SSSR count). The zero-order valence-electron chi connectivity index (χ0n) is 12.8. The zero-order valence-corrected chi connectivity index (χ0v) is 14.4. The second-order valence-corrected chi connectivity index (χ2v) is 6.66. The zero-order chi connectivity index (χ0) is 16.1. The predicted molar refractivity (Wildman–Crippen MR) is 91.9 cm³/mol. The van der Waals surface area contributed by atoms with E-state index in [0.29, 0.717) is 5.69 Å². The van der Waals surface area contributed by atoms with E-state index in [-0.39, 0.29) is 11.9 Å². The summed E-state index contributed by atoms with van der Waals surface area (Å²) in [4.78, 5) is 22.5. The highest BCUT2D eigenvalue weighted by atomic mass is 79.9. The molecule has 120 valence electrons. The Bertz CT molecular complexity index is 639. The minimum absolute atomic E-state index is 0.135. The van der Waals surface area contributed by atoms with Gasteiger partial charge in [0.15, 0.2) is 0 Å². The molecule has 1 aliphatic rings. The minimum atomic E-state index is -0.135. The standard InChI is InChI=1S/C17H19BrN4O/c18-14-3-1-13(2-4-14)12-22-9-5-15(6-10-22)21-17(23)16-11-19-7-8-20-16/h1-4,7-8,11,15H,5-6,9-10,12H2,(H,21,23). The summed E-state index contributed by atoms with van der Waals surface area (Å²) in [6.45, 7) is 2.93. The van der Waals surface area contributed by atoms with E-state index in [1.807, 2.05) is 0 Å². The van der Waals surface area contributed by atoms with E-state index in [2.05, 4.69) is 60.4 Å². The van der Waals surface area contributed by atoms with Crippen LogP contribution < -0.4 is 5.32 Å². The number of piperidine rings is 1. The Labute approximate surface area is 144 Å². The molecule has 1 fully saturated rings. The van der Waals surface area contributed by atoms with E-state index in [1.54, 1.807) is 6.20 Å². The number of carbonyl (C=O) groups excluding carboxylic acids is 1. The molecule has 23 heavy (non-hydrogen) atoms. The number of halogens is 1. The van der Waals surface area contributed by atoms with E-state index < -0.39 is 0 Å². The van der Waals surface area contributed by atoms with Gasteiger partial charge in [0.05, 0.1) is 6.20 Å². The first-order valence-corrected chi connectivity index (χ1v) is 8.54. The number of amides is 1. The van der Waals surface area contributed by atoms with Crippen molar-refractivity contribution in [3.63, 3.8) is 0 Å². The van der Waals surface area contributed by atoms with Crippen molar-refractivity contribution in [2.45, 2.75) is 25.4 Å². The van der Waals surface area contributed by atoms with Crippen LogP contribution in [0.5, 0.6) is 0 Å². The lowest BCUT2D eigenvalue weighted by Gasteiger charge is -2.32. The molecule has 2 heterocycles. The average Bonchev–Trinajstić information content (AvgIpc) is 2.59. The Hall–Kier alpha value is -1.79. The lowest BCUT2D eigenvalue weighted by molar-refractivity contribution is 0.0903. The van der Waals surface area contributed by atoms with Crippen molar-refractivity contribution < 1.29 is 4.79 Å². The van der Waals surface area contributed by atoms with Crippen LogP contribution in [0.15, 0.2) is 47.3 Å². The second-order valence-electron chi connectivity index (χ2n) is 5.74. The maximum atomic E-state index is 12.1. The number of hydrogen-bond acceptors (Lipinski definition) is 4. The maximum absolute atomic E-state index is 12.1. The highest BCUT2D eigenvalue weighted by Crippen LogP contribution is 2.16. The summed E-state index contributed by atoms with van der Waals surface area (Å²) in [5.74, 6) is -0.135. The molecule has 0 radical (unpaired) electrons. The summed E-state index contributed by atoms with van der Waals surface area (Å²) < 4.78 is 1.10. The van der Waals surface area contributed by atoms with Crippen LogP contribution in [0.3, 0.4) is 0 Å². The fourth-order valence-electron chi connectivity index (χ4n) is 2.76. The number of nitrogens with zero attached hydrogens (tertiary/aromatic N) is 3. The molecule has 1 saturated heterocycles. The van der Waals surface area contributed by atoms with E-state index in [9.17, 15) is 4.79 Å². The number of rotatable bonds is 4. The van der Waals surface area contributed by atoms with Gasteiger partial charge in [0.1, 0.15) is 5.69 Å². The van der Waals surface area contributed by atoms with Gasteiger partial charge in [0, 0.05) is 42.5 Å². The third kappa shape index (κ3) is 4.59. The minimum Gasteiger partial charge on any atom is -0.348 e. The molecule has 1 amide bonds. The Morgan fingerprint density at radius 2 is 1.96 bits per heavy atom. The van der Waals surface area contributed by atoms with Crippen LogP contribution in [0.4, 0.5) is 0 Å². The molecule has 1 aliphatic heterocycles. The first-order valence-electron chi connectivity index (χ1n) is 7.74. The van der Waals surface area contributed by atoms with Gasteiger partial charge in [0.25, 0.3) is 5.91 Å². The molecule has 5 nitrogen and oxygen atoms in total. The van der Waals surface area contributed by atoms with E-state index >= 15 is 0 Å². The van der Waals surface area contributed by atoms with Crippen LogP contribution in [0, 0.1) is 0 Å². The van der Waals surface area contributed by atoms with Crippen molar-refractivity contribution in [2.75, 3.05) is 13.1 Å². The molecular weight excluding hydrogens is 356 g/mol. The van der Waals surface area contributed by atoms with Gasteiger partial charge < -0.3 is 5.32 Å². The van der Waals surface area contributed by atoms with Crippen LogP contribution >= 0.6 is 15.9 Å². The molecule has 1 aromatic carbocycles. The molecule has 6 heteroatoms. The van der Waals surface area contributed by atoms with Crippen LogP contribution in [0.2, 0.25) is 0 Å². The lowest BCUT2D eigenvalue weighted by Crippen LogP contribution is -2.44. The number of carbonyl (C=O) groups is 1. The molecule has 0 spiro atoms. The third-order valence-corrected chi connectivity index (χ3v) is 4.57. The van der Waals surface area contributed by atoms with Crippen molar-refractivity contribution in [1.29, 1.82) is 0 Å². The molecule has 0 bridgehead atoms. The highest BCUT2D eigenvalue weighted by Gasteiger charge is 2.21. The summed E-state index contributed by atoms with van der Waals surface area (Å²) in [5.41, 5.74) is 1.69. The Balaban J connectivity index is 1.47. The van der Waals surface area contributed by atoms with Crippen molar-refractivity contribution >= 4 is 21.8 Å². The monoisotopic (exact) mass is 374 g/mol. The van der Waals surface area contributed by atoms with Crippen molar-refractivity contribution in [2.24, 2.45) is 0 Å². The van der Waals surface area contributed by atoms with Crippen LogP contribution in [0.25, 0.3) is 0 Å². The molecule has 0 unspecified atom stereocenters. The molecule has 2 aromatic rings. The van der Waals surface area contributed by atoms with Gasteiger partial charge in [-0.25, -0.2) is 4.98 Å². The van der Waals surface area contributed by atoms with Gasteiger partial charge in [-0.15, -0.1) is 0 Å². The third-order valence-electron chi connectivity index (χ3n) is 4.04. The first kappa shape index (κ1) is 16.1. The van der Waals surface area contributed by atoms with Gasteiger partial charge in [0.2, 0.25) is 0 Å². The molecule has 0 atom stereocenters. The van der Waals surface area contributed by atoms with Crippen molar-refractivity contribution in [3.05, 3.63) is 58.6 Å². The average molecular weight is 375 g/mol. The van der Waals surface area contributed by atoms with Gasteiger partial charge in [-0.3, -0.25) is 14.7 Å². The van der Waals surface area contributed by atoms with Crippen LogP contribution in [-0.4, -0.2) is 39.9 Å². The predicted octanol–water partition coefficient (Wildman–Crippen LogP) is 2.63. The topological polar surface area (TPSA) is 58.1 Å². The number of hydrogen-bond donors (Lipinski definition) is 1. The summed E-state index contributed by atoms with van der Waals surface area (Å²) >= 11 is 3.46. The smallest absolute Gasteiger partial charge is 0.271 e. The first-order chi connectivity index (χ1) is 11.2. The summed E-state index contributed by atoms with van der Waals surface area (Å²) in [7, 11) is 0. The van der Waals surface area contributed by atoms with E-state index in [4.69, 9.17) is 0 Å². The lowest BCUT2D eigenvalue weighted by atomic mass is 10.0. The van der Waals surface area contributed by atoms with Gasteiger partial charge in [-0.1, -0.05) is 28.1 Å². The Morgan fingerprint density at radius 3 is 2.61 bits per heavy atom. The molecule has 1 aromatic heterocycles. The largest absolute Gasteiger partial charge is 0.348 e. The highest BCUT2D eigenvalue weighted by molar-refractivity contribution is 9.10. The number of nitrogens with one attached hydrogen (secondary N) is 1. The second kappa shape index (κ2) is 7.66. The van der Waals surface area contributed by atoms with Crippen molar-refractivity contribution in [1.82, 2.24) is 20.2 Å². The molecule has 1 N–H and O–H groups in total. The van der Waals surface area contributed by atoms with E-state index in [1.165, 1.54) is 18.0 Å². The number of aromatic nitrogens is 2.